The number of aliphatic carboxylic acids is 1. The smallest absolute Gasteiger partial charge is 0.308 e. The first-order valence-electron chi connectivity index (χ1n) is 8.90. The highest BCUT2D eigenvalue weighted by atomic mass is 19.2. The Hall–Kier alpha value is -2.02. The van der Waals surface area contributed by atoms with Crippen LogP contribution in [0.2, 0.25) is 0 Å². The van der Waals surface area contributed by atoms with E-state index in [4.69, 9.17) is 9.84 Å². The zero-order valence-electron chi connectivity index (χ0n) is 15.1. The fraction of sp³-hybridized carbons (Fsp3) is 0.579. The Labute approximate surface area is 151 Å². The largest absolute Gasteiger partial charge is 0.481 e. The van der Waals surface area contributed by atoms with Gasteiger partial charge in [-0.3, -0.25) is 9.59 Å². The van der Waals surface area contributed by atoms with Gasteiger partial charge in [0.05, 0.1) is 5.92 Å². The van der Waals surface area contributed by atoms with Gasteiger partial charge in [-0.1, -0.05) is 19.1 Å². The number of nitrogens with zero attached hydrogens (tertiary/aromatic N) is 1. The number of halogens is 2. The van der Waals surface area contributed by atoms with Gasteiger partial charge in [-0.25, -0.2) is 8.78 Å². The number of rotatable bonds is 10. The molecule has 0 heterocycles. The van der Waals surface area contributed by atoms with Crippen LogP contribution in [0.4, 0.5) is 8.78 Å². The maximum Gasteiger partial charge on any atom is 0.308 e. The lowest BCUT2D eigenvalue weighted by Crippen LogP contribution is -2.39. The maximum absolute atomic E-state index is 13.9. The van der Waals surface area contributed by atoms with Crippen molar-refractivity contribution in [2.24, 2.45) is 11.8 Å². The number of benzene rings is 1. The molecular formula is C19H25F2NO4. The van der Waals surface area contributed by atoms with Crippen LogP contribution in [0.5, 0.6) is 0 Å². The molecule has 144 valence electrons. The predicted molar refractivity (Wildman–Crippen MR) is 91.7 cm³/mol. The summed E-state index contributed by atoms with van der Waals surface area (Å²) in [7, 11) is 0. The number of hydrogen-bond acceptors (Lipinski definition) is 3. The summed E-state index contributed by atoms with van der Waals surface area (Å²) in [5, 5.41) is 9.12. The molecule has 1 aromatic rings. The van der Waals surface area contributed by atoms with Crippen molar-refractivity contribution in [2.75, 3.05) is 26.3 Å². The van der Waals surface area contributed by atoms with Crippen molar-refractivity contribution in [1.82, 2.24) is 4.90 Å². The van der Waals surface area contributed by atoms with Gasteiger partial charge in [-0.15, -0.1) is 0 Å². The summed E-state index contributed by atoms with van der Waals surface area (Å²) in [6.07, 6.45) is 1.04. The third-order valence-corrected chi connectivity index (χ3v) is 4.64. The molecule has 3 unspecified atom stereocenters. The molecule has 1 N–H and O–H groups in total. The lowest BCUT2D eigenvalue weighted by atomic mass is 10.1. The highest BCUT2D eigenvalue weighted by molar-refractivity contribution is 5.83. The van der Waals surface area contributed by atoms with Crippen LogP contribution < -0.4 is 0 Å². The van der Waals surface area contributed by atoms with Crippen molar-refractivity contribution >= 4 is 11.9 Å². The van der Waals surface area contributed by atoms with Crippen LogP contribution in [0, 0.1) is 23.5 Å². The number of carbonyl (C=O) groups is 2. The molecule has 1 aliphatic carbocycles. The summed E-state index contributed by atoms with van der Waals surface area (Å²) in [6, 6.07) is 3.97. The van der Waals surface area contributed by atoms with Crippen LogP contribution in [0.1, 0.15) is 38.2 Å². The number of carboxylic acid groups (broad SMARTS) is 1. The van der Waals surface area contributed by atoms with Crippen LogP contribution in [0.25, 0.3) is 0 Å². The molecule has 0 radical (unpaired) electrons. The maximum atomic E-state index is 13.9. The third kappa shape index (κ3) is 5.00. The van der Waals surface area contributed by atoms with Gasteiger partial charge in [0.1, 0.15) is 0 Å². The van der Waals surface area contributed by atoms with E-state index in [1.807, 2.05) is 6.92 Å². The van der Waals surface area contributed by atoms with Crippen LogP contribution in [-0.4, -0.2) is 48.2 Å². The van der Waals surface area contributed by atoms with Gasteiger partial charge in [0.2, 0.25) is 5.91 Å². The average molecular weight is 369 g/mol. The van der Waals surface area contributed by atoms with E-state index >= 15 is 0 Å². The van der Waals surface area contributed by atoms with E-state index in [2.05, 4.69) is 0 Å². The first-order chi connectivity index (χ1) is 12.4. The van der Waals surface area contributed by atoms with E-state index in [1.165, 1.54) is 17.0 Å². The Morgan fingerprint density at radius 1 is 1.38 bits per heavy atom. The highest BCUT2D eigenvalue weighted by Crippen LogP contribution is 2.49. The molecule has 1 fully saturated rings. The first kappa shape index (κ1) is 20.3. The molecule has 0 aromatic heterocycles. The number of carbonyl (C=O) groups excluding carboxylic acids is 1. The van der Waals surface area contributed by atoms with Crippen LogP contribution >= 0.6 is 0 Å². The highest BCUT2D eigenvalue weighted by Gasteiger charge is 2.47. The van der Waals surface area contributed by atoms with E-state index in [-0.39, 0.29) is 23.9 Å². The van der Waals surface area contributed by atoms with Crippen molar-refractivity contribution in [3.8, 4) is 0 Å². The molecule has 5 nitrogen and oxygen atoms in total. The second-order valence-corrected chi connectivity index (χ2v) is 6.67. The SMILES string of the molecule is CCOCCCN(CC(C)C(=O)O)C(=O)C1CC1c1cccc(F)c1F. The Bertz CT molecular complexity index is 652. The van der Waals surface area contributed by atoms with Crippen LogP contribution in [0.15, 0.2) is 18.2 Å². The normalized spacial score (nSPS) is 19.8. The fourth-order valence-electron chi connectivity index (χ4n) is 3.05. The molecule has 0 bridgehead atoms. The van der Waals surface area contributed by atoms with Gasteiger partial charge in [0.25, 0.3) is 0 Å². The van der Waals surface area contributed by atoms with Crippen LogP contribution in [-0.2, 0) is 14.3 Å². The van der Waals surface area contributed by atoms with Crippen molar-refractivity contribution < 1.29 is 28.2 Å². The summed E-state index contributed by atoms with van der Waals surface area (Å²) in [5.74, 6) is -4.50. The molecule has 7 heteroatoms. The second kappa shape index (κ2) is 9.07. The van der Waals surface area contributed by atoms with E-state index in [9.17, 15) is 18.4 Å². The first-order valence-corrected chi connectivity index (χ1v) is 8.90. The molecule has 3 atom stereocenters. The molecule has 0 saturated heterocycles. The monoisotopic (exact) mass is 369 g/mol. The minimum Gasteiger partial charge on any atom is -0.481 e. The summed E-state index contributed by atoms with van der Waals surface area (Å²) in [6.45, 7) is 4.94. The minimum atomic E-state index is -0.976. The number of ether oxygens (including phenoxy) is 1. The van der Waals surface area contributed by atoms with Gasteiger partial charge in [-0.05, 0) is 37.3 Å². The Kier molecular flexibility index (Phi) is 7.08. The van der Waals surface area contributed by atoms with E-state index in [0.29, 0.717) is 32.6 Å². The lowest BCUT2D eigenvalue weighted by molar-refractivity contribution is -0.143. The molecule has 0 spiro atoms. The molecule has 1 aliphatic rings. The molecule has 1 aromatic carbocycles. The number of hydrogen-bond donors (Lipinski definition) is 1. The van der Waals surface area contributed by atoms with Crippen molar-refractivity contribution in [2.45, 2.75) is 32.6 Å². The van der Waals surface area contributed by atoms with Crippen molar-refractivity contribution in [1.29, 1.82) is 0 Å². The fourth-order valence-corrected chi connectivity index (χ4v) is 3.05. The minimum absolute atomic E-state index is 0.0924. The van der Waals surface area contributed by atoms with Crippen molar-refractivity contribution in [3.05, 3.63) is 35.4 Å². The van der Waals surface area contributed by atoms with Gasteiger partial charge >= 0.3 is 5.97 Å². The molecule has 1 amide bonds. The Morgan fingerprint density at radius 3 is 2.77 bits per heavy atom. The standard InChI is InChI=1S/C19H25F2NO4/c1-3-26-9-5-8-22(11-12(2)19(24)25)18(23)15-10-14(15)13-6-4-7-16(20)17(13)21/h4,6-7,12,14-15H,3,5,8-11H2,1-2H3,(H,24,25). The van der Waals surface area contributed by atoms with Gasteiger partial charge in [0, 0.05) is 32.2 Å². The number of amides is 1. The third-order valence-electron chi connectivity index (χ3n) is 4.64. The Balaban J connectivity index is 2.03. The zero-order chi connectivity index (χ0) is 19.3. The summed E-state index contributed by atoms with van der Waals surface area (Å²) < 4.78 is 32.6. The van der Waals surface area contributed by atoms with Crippen LogP contribution in [0.3, 0.4) is 0 Å². The summed E-state index contributed by atoms with van der Waals surface area (Å²) in [5.41, 5.74) is 0.212. The van der Waals surface area contributed by atoms with Gasteiger partial charge < -0.3 is 14.7 Å². The van der Waals surface area contributed by atoms with E-state index in [0.717, 1.165) is 6.07 Å². The average Bonchev–Trinajstić information content (AvgIpc) is 3.39. The second-order valence-electron chi connectivity index (χ2n) is 6.67. The van der Waals surface area contributed by atoms with Gasteiger partial charge in [0.15, 0.2) is 11.6 Å². The molecular weight excluding hydrogens is 344 g/mol. The van der Waals surface area contributed by atoms with E-state index < -0.39 is 29.4 Å². The quantitative estimate of drug-likeness (QED) is 0.644. The summed E-state index contributed by atoms with van der Waals surface area (Å²) >= 11 is 0. The number of carboxylic acids is 1. The predicted octanol–water partition coefficient (Wildman–Crippen LogP) is 3.04. The van der Waals surface area contributed by atoms with Crippen molar-refractivity contribution in [3.63, 3.8) is 0 Å². The topological polar surface area (TPSA) is 66.8 Å². The summed E-state index contributed by atoms with van der Waals surface area (Å²) in [4.78, 5) is 25.4. The molecule has 1 saturated carbocycles. The molecule has 2 rings (SSSR count). The Morgan fingerprint density at radius 2 is 2.12 bits per heavy atom. The van der Waals surface area contributed by atoms with E-state index in [1.54, 1.807) is 6.92 Å². The molecule has 26 heavy (non-hydrogen) atoms. The molecule has 0 aliphatic heterocycles. The zero-order valence-corrected chi connectivity index (χ0v) is 15.1. The lowest BCUT2D eigenvalue weighted by Gasteiger charge is -2.25. The van der Waals surface area contributed by atoms with Gasteiger partial charge in [-0.2, -0.15) is 0 Å².